The second-order valence-electron chi connectivity index (χ2n) is 9.10. The number of aromatic nitrogens is 2. The number of benzene rings is 1. The maximum absolute atomic E-state index is 13.9. The maximum Gasteiger partial charge on any atom is 0.231 e. The highest BCUT2D eigenvalue weighted by Gasteiger charge is 2.32. The molecular formula is C24H33Cl2F2N5O. The Balaban J connectivity index is 0.00000204. The number of carbonyl (C=O) groups is 1. The Morgan fingerprint density at radius 1 is 1.12 bits per heavy atom. The Bertz CT molecular complexity index is 986. The second-order valence-corrected chi connectivity index (χ2v) is 9.10. The quantitative estimate of drug-likeness (QED) is 0.627. The van der Waals surface area contributed by atoms with Gasteiger partial charge in [-0.2, -0.15) is 0 Å². The van der Waals surface area contributed by atoms with Gasteiger partial charge in [-0.15, -0.1) is 24.8 Å². The first kappa shape index (κ1) is 28.2. The molecule has 1 aromatic heterocycles. The van der Waals surface area contributed by atoms with Crippen LogP contribution in [0.2, 0.25) is 0 Å². The van der Waals surface area contributed by atoms with Crippen LogP contribution in [0.3, 0.4) is 0 Å². The SMILES string of the molecule is CC(C)NC[C@@H](C(=O)N1CCN(c2ncnc3c2[C@H](C)CC3)CC1)c1ccc(F)c(F)c1.Cl.Cl. The van der Waals surface area contributed by atoms with Crippen LogP contribution in [0.1, 0.15) is 55.8 Å². The summed E-state index contributed by atoms with van der Waals surface area (Å²) in [5.41, 5.74) is 2.87. The first-order valence-corrected chi connectivity index (χ1v) is 11.4. The van der Waals surface area contributed by atoms with Gasteiger partial charge in [0.1, 0.15) is 12.1 Å². The highest BCUT2D eigenvalue weighted by Crippen LogP contribution is 2.37. The highest BCUT2D eigenvalue weighted by atomic mass is 35.5. The fourth-order valence-corrected chi connectivity index (χ4v) is 4.66. The highest BCUT2D eigenvalue weighted by molar-refractivity contribution is 5.86. The molecule has 2 aliphatic rings. The molecule has 188 valence electrons. The minimum absolute atomic E-state index is 0. The van der Waals surface area contributed by atoms with Gasteiger partial charge in [0.15, 0.2) is 11.6 Å². The number of halogens is 4. The first-order chi connectivity index (χ1) is 15.3. The summed E-state index contributed by atoms with van der Waals surface area (Å²) < 4.78 is 27.3. The summed E-state index contributed by atoms with van der Waals surface area (Å²) in [5.74, 6) is -1.03. The average molecular weight is 516 g/mol. The molecule has 10 heteroatoms. The standard InChI is InChI=1S/C24H31F2N5O.2ClH/c1-15(2)27-13-18(17-5-6-19(25)20(26)12-17)24(32)31-10-8-30(9-11-31)23-22-16(3)4-7-21(22)28-14-29-23;;/h5-6,12,14-16,18,27H,4,7-11,13H2,1-3H3;2*1H/t16-,18-;;/m1../s1. The lowest BCUT2D eigenvalue weighted by Crippen LogP contribution is -2.51. The fourth-order valence-electron chi connectivity index (χ4n) is 4.66. The molecule has 6 nitrogen and oxygen atoms in total. The van der Waals surface area contributed by atoms with Gasteiger partial charge in [0.25, 0.3) is 0 Å². The molecule has 2 aromatic rings. The number of aryl methyl sites for hydroxylation is 1. The monoisotopic (exact) mass is 515 g/mol. The van der Waals surface area contributed by atoms with Crippen LogP contribution >= 0.6 is 24.8 Å². The molecule has 0 saturated carbocycles. The number of carbonyl (C=O) groups excluding carboxylic acids is 1. The molecule has 0 spiro atoms. The average Bonchev–Trinajstić information content (AvgIpc) is 3.17. The molecule has 34 heavy (non-hydrogen) atoms. The summed E-state index contributed by atoms with van der Waals surface area (Å²) in [6.07, 6.45) is 3.72. The molecule has 1 aliphatic heterocycles. The van der Waals surface area contributed by atoms with Crippen molar-refractivity contribution in [3.05, 3.63) is 53.0 Å². The van der Waals surface area contributed by atoms with Gasteiger partial charge in [-0.25, -0.2) is 18.7 Å². The molecule has 1 saturated heterocycles. The van der Waals surface area contributed by atoms with E-state index in [2.05, 4.69) is 27.1 Å². The second kappa shape index (κ2) is 12.1. The molecule has 2 heterocycles. The molecule has 1 aliphatic carbocycles. The van der Waals surface area contributed by atoms with Gasteiger partial charge in [-0.1, -0.05) is 26.8 Å². The summed E-state index contributed by atoms with van der Waals surface area (Å²) in [6.45, 7) is 9.07. The number of amides is 1. The predicted molar refractivity (Wildman–Crippen MR) is 134 cm³/mol. The van der Waals surface area contributed by atoms with Crippen LogP contribution in [0.15, 0.2) is 24.5 Å². The third-order valence-electron chi connectivity index (χ3n) is 6.52. The van der Waals surface area contributed by atoms with Crippen LogP contribution in [0.5, 0.6) is 0 Å². The number of piperazine rings is 1. The van der Waals surface area contributed by atoms with E-state index >= 15 is 0 Å². The van der Waals surface area contributed by atoms with Crippen LogP contribution in [-0.2, 0) is 11.2 Å². The lowest BCUT2D eigenvalue weighted by atomic mass is 9.96. The fraction of sp³-hybridized carbons (Fsp3) is 0.542. The van der Waals surface area contributed by atoms with Crippen molar-refractivity contribution in [1.29, 1.82) is 0 Å². The summed E-state index contributed by atoms with van der Waals surface area (Å²) in [5, 5.41) is 3.27. The van der Waals surface area contributed by atoms with E-state index in [0.717, 1.165) is 36.5 Å². The van der Waals surface area contributed by atoms with E-state index in [-0.39, 0.29) is 36.8 Å². The van der Waals surface area contributed by atoms with Crippen molar-refractivity contribution in [1.82, 2.24) is 20.2 Å². The normalized spacial score (nSPS) is 18.2. The van der Waals surface area contributed by atoms with Gasteiger partial charge in [0.2, 0.25) is 5.91 Å². The van der Waals surface area contributed by atoms with Crippen LogP contribution < -0.4 is 10.2 Å². The maximum atomic E-state index is 13.9. The summed E-state index contributed by atoms with van der Waals surface area (Å²) in [6, 6.07) is 3.91. The minimum Gasteiger partial charge on any atom is -0.353 e. The third kappa shape index (κ3) is 5.96. The molecule has 0 radical (unpaired) electrons. The summed E-state index contributed by atoms with van der Waals surface area (Å²) in [4.78, 5) is 26.5. The molecule has 4 rings (SSSR count). The Kier molecular flexibility index (Phi) is 10.0. The zero-order valence-corrected chi connectivity index (χ0v) is 21.4. The van der Waals surface area contributed by atoms with Crippen molar-refractivity contribution in [3.8, 4) is 0 Å². The van der Waals surface area contributed by atoms with Crippen LogP contribution in [0, 0.1) is 11.6 Å². The van der Waals surface area contributed by atoms with E-state index < -0.39 is 17.6 Å². The van der Waals surface area contributed by atoms with Crippen LogP contribution in [0.25, 0.3) is 0 Å². The van der Waals surface area contributed by atoms with E-state index in [9.17, 15) is 13.6 Å². The zero-order chi connectivity index (χ0) is 22.8. The van der Waals surface area contributed by atoms with Crippen molar-refractivity contribution >= 4 is 36.5 Å². The molecule has 2 atom stereocenters. The molecule has 1 N–H and O–H groups in total. The Hall–Kier alpha value is -2.03. The number of hydrogen-bond acceptors (Lipinski definition) is 5. The van der Waals surface area contributed by atoms with Gasteiger partial charge in [0.05, 0.1) is 5.92 Å². The number of hydrogen-bond donors (Lipinski definition) is 1. The Morgan fingerprint density at radius 2 is 1.82 bits per heavy atom. The van der Waals surface area contributed by atoms with Crippen LogP contribution in [-0.4, -0.2) is 59.5 Å². The Morgan fingerprint density at radius 3 is 2.47 bits per heavy atom. The number of nitrogens with one attached hydrogen (secondary N) is 1. The van der Waals surface area contributed by atoms with E-state index in [1.165, 1.54) is 11.6 Å². The molecule has 1 amide bonds. The topological polar surface area (TPSA) is 61.4 Å². The zero-order valence-electron chi connectivity index (χ0n) is 19.8. The van der Waals surface area contributed by atoms with Crippen LogP contribution in [0.4, 0.5) is 14.6 Å². The van der Waals surface area contributed by atoms with E-state index in [1.807, 2.05) is 18.7 Å². The van der Waals surface area contributed by atoms with Gasteiger partial charge in [-0.3, -0.25) is 4.79 Å². The van der Waals surface area contributed by atoms with E-state index in [4.69, 9.17) is 0 Å². The minimum atomic E-state index is -0.929. The third-order valence-corrected chi connectivity index (χ3v) is 6.52. The molecule has 1 fully saturated rings. The predicted octanol–water partition coefficient (Wildman–Crippen LogP) is 4.08. The van der Waals surface area contributed by atoms with Crippen molar-refractivity contribution < 1.29 is 13.6 Å². The Labute approximate surface area is 212 Å². The van der Waals surface area contributed by atoms with Crippen molar-refractivity contribution in [2.75, 3.05) is 37.6 Å². The number of rotatable bonds is 6. The molecule has 0 unspecified atom stereocenters. The summed E-state index contributed by atoms with van der Waals surface area (Å²) in [7, 11) is 0. The number of nitrogens with zero attached hydrogens (tertiary/aromatic N) is 4. The van der Waals surface area contributed by atoms with Gasteiger partial charge in [0, 0.05) is 50.0 Å². The van der Waals surface area contributed by atoms with Crippen molar-refractivity contribution in [2.24, 2.45) is 0 Å². The lowest BCUT2D eigenvalue weighted by molar-refractivity contribution is -0.133. The van der Waals surface area contributed by atoms with Crippen molar-refractivity contribution in [2.45, 2.75) is 51.5 Å². The smallest absolute Gasteiger partial charge is 0.231 e. The van der Waals surface area contributed by atoms with E-state index in [1.54, 1.807) is 6.33 Å². The van der Waals surface area contributed by atoms with Crippen molar-refractivity contribution in [3.63, 3.8) is 0 Å². The van der Waals surface area contributed by atoms with Gasteiger partial charge >= 0.3 is 0 Å². The first-order valence-electron chi connectivity index (χ1n) is 11.4. The number of anilines is 1. The molecule has 1 aromatic carbocycles. The number of fused-ring (bicyclic) bond motifs is 1. The molecular weight excluding hydrogens is 483 g/mol. The van der Waals surface area contributed by atoms with E-state index in [0.29, 0.717) is 44.2 Å². The summed E-state index contributed by atoms with van der Waals surface area (Å²) >= 11 is 0. The lowest BCUT2D eigenvalue weighted by Gasteiger charge is -2.38. The molecule has 0 bridgehead atoms. The van der Waals surface area contributed by atoms with Gasteiger partial charge < -0.3 is 15.1 Å². The van der Waals surface area contributed by atoms with Gasteiger partial charge in [-0.05, 0) is 36.5 Å². The largest absolute Gasteiger partial charge is 0.353 e.